The quantitative estimate of drug-likeness (QED) is 0.614. The van der Waals surface area contributed by atoms with Crippen LogP contribution in [0.5, 0.6) is 5.75 Å². The predicted molar refractivity (Wildman–Crippen MR) is 92.4 cm³/mol. The van der Waals surface area contributed by atoms with Crippen LogP contribution in [-0.4, -0.2) is 7.11 Å². The van der Waals surface area contributed by atoms with Crippen LogP contribution in [0.2, 0.25) is 0 Å². The van der Waals surface area contributed by atoms with Crippen molar-refractivity contribution in [3.05, 3.63) is 90.0 Å². The molecule has 3 aromatic carbocycles. The van der Waals surface area contributed by atoms with Gasteiger partial charge in [0.2, 0.25) is 0 Å². The molecule has 0 bridgehead atoms. The van der Waals surface area contributed by atoms with Gasteiger partial charge in [0, 0.05) is 5.92 Å². The second kappa shape index (κ2) is 6.48. The summed E-state index contributed by atoms with van der Waals surface area (Å²) in [6, 6.07) is 27.6. The Hall–Kier alpha value is -2.54. The summed E-state index contributed by atoms with van der Waals surface area (Å²) in [7, 11) is 1.70. The molecule has 1 nitrogen and oxygen atoms in total. The molecule has 0 saturated heterocycles. The van der Waals surface area contributed by atoms with Crippen LogP contribution in [0.4, 0.5) is 0 Å². The molecule has 0 fully saturated rings. The smallest absolute Gasteiger partial charge is 0.118 e. The molecular weight excluding hydrogens is 268 g/mol. The zero-order valence-corrected chi connectivity index (χ0v) is 13.0. The molecule has 3 rings (SSSR count). The van der Waals surface area contributed by atoms with Gasteiger partial charge in [-0.15, -0.1) is 0 Å². The van der Waals surface area contributed by atoms with Gasteiger partial charge in [-0.05, 0) is 34.4 Å². The lowest BCUT2D eigenvalue weighted by atomic mass is 9.92. The van der Waals surface area contributed by atoms with Crippen molar-refractivity contribution in [2.45, 2.75) is 12.8 Å². The summed E-state index contributed by atoms with van der Waals surface area (Å²) in [6.45, 7) is 2.24. The molecule has 0 amide bonds. The molecule has 110 valence electrons. The first kappa shape index (κ1) is 14.4. The van der Waals surface area contributed by atoms with E-state index in [1.165, 1.54) is 22.3 Å². The van der Waals surface area contributed by atoms with Crippen molar-refractivity contribution in [3.8, 4) is 16.9 Å². The van der Waals surface area contributed by atoms with Crippen LogP contribution in [0, 0.1) is 0 Å². The average molecular weight is 288 g/mol. The van der Waals surface area contributed by atoms with E-state index in [1.54, 1.807) is 7.11 Å². The van der Waals surface area contributed by atoms with Crippen molar-refractivity contribution >= 4 is 0 Å². The standard InChI is InChI=1S/C21H20O/c1-16(18-12-14-21(22-2)15-13-18)17-8-10-20(11-9-17)19-6-4-3-5-7-19/h3-16H,1-2H3. The second-order valence-electron chi connectivity index (χ2n) is 5.48. The van der Waals surface area contributed by atoms with Crippen LogP contribution in [0.25, 0.3) is 11.1 Å². The largest absolute Gasteiger partial charge is 0.497 e. The minimum absolute atomic E-state index is 0.371. The molecule has 0 N–H and O–H groups in total. The normalized spacial score (nSPS) is 11.9. The minimum atomic E-state index is 0.371. The average Bonchev–Trinajstić information content (AvgIpc) is 2.62. The van der Waals surface area contributed by atoms with Gasteiger partial charge in [0.15, 0.2) is 0 Å². The van der Waals surface area contributed by atoms with Crippen LogP contribution in [-0.2, 0) is 0 Å². The summed E-state index contributed by atoms with van der Waals surface area (Å²) >= 11 is 0. The molecule has 22 heavy (non-hydrogen) atoms. The van der Waals surface area contributed by atoms with E-state index in [2.05, 4.69) is 67.6 Å². The fraction of sp³-hybridized carbons (Fsp3) is 0.143. The van der Waals surface area contributed by atoms with Crippen LogP contribution in [0.15, 0.2) is 78.9 Å². The lowest BCUT2D eigenvalue weighted by Crippen LogP contribution is -1.96. The van der Waals surface area contributed by atoms with Crippen LogP contribution in [0.3, 0.4) is 0 Å². The molecule has 1 unspecified atom stereocenters. The van der Waals surface area contributed by atoms with Gasteiger partial charge in [-0.25, -0.2) is 0 Å². The van der Waals surface area contributed by atoms with E-state index in [1.807, 2.05) is 18.2 Å². The maximum atomic E-state index is 5.22. The predicted octanol–water partition coefficient (Wildman–Crippen LogP) is 5.51. The Kier molecular flexibility index (Phi) is 4.24. The van der Waals surface area contributed by atoms with E-state index in [4.69, 9.17) is 4.74 Å². The fourth-order valence-electron chi connectivity index (χ4n) is 2.68. The third kappa shape index (κ3) is 3.04. The topological polar surface area (TPSA) is 9.23 Å². The van der Waals surface area contributed by atoms with Crippen molar-refractivity contribution in [1.82, 2.24) is 0 Å². The Labute approximate surface area is 132 Å². The van der Waals surface area contributed by atoms with Gasteiger partial charge in [0.25, 0.3) is 0 Å². The van der Waals surface area contributed by atoms with Crippen LogP contribution < -0.4 is 4.74 Å². The van der Waals surface area contributed by atoms with E-state index in [-0.39, 0.29) is 0 Å². The van der Waals surface area contributed by atoms with Crippen molar-refractivity contribution in [1.29, 1.82) is 0 Å². The van der Waals surface area contributed by atoms with Gasteiger partial charge in [-0.3, -0.25) is 0 Å². The Morgan fingerprint density at radius 3 is 1.68 bits per heavy atom. The molecule has 0 radical (unpaired) electrons. The van der Waals surface area contributed by atoms with Gasteiger partial charge in [0.1, 0.15) is 5.75 Å². The van der Waals surface area contributed by atoms with Gasteiger partial charge in [-0.2, -0.15) is 0 Å². The monoisotopic (exact) mass is 288 g/mol. The summed E-state index contributed by atoms with van der Waals surface area (Å²) in [6.07, 6.45) is 0. The summed E-state index contributed by atoms with van der Waals surface area (Å²) in [4.78, 5) is 0. The SMILES string of the molecule is COc1ccc(C(C)c2ccc(-c3ccccc3)cc2)cc1. The molecule has 0 saturated carbocycles. The zero-order valence-electron chi connectivity index (χ0n) is 13.0. The van der Waals surface area contributed by atoms with Gasteiger partial charge in [0.05, 0.1) is 7.11 Å². The van der Waals surface area contributed by atoms with Crippen molar-refractivity contribution in [2.75, 3.05) is 7.11 Å². The molecule has 0 aliphatic rings. The molecule has 3 aromatic rings. The Bertz CT molecular complexity index is 712. The highest BCUT2D eigenvalue weighted by atomic mass is 16.5. The van der Waals surface area contributed by atoms with Crippen molar-refractivity contribution in [2.24, 2.45) is 0 Å². The fourth-order valence-corrected chi connectivity index (χ4v) is 2.68. The maximum Gasteiger partial charge on any atom is 0.118 e. The van der Waals surface area contributed by atoms with Crippen molar-refractivity contribution < 1.29 is 4.74 Å². The Morgan fingerprint density at radius 1 is 0.636 bits per heavy atom. The van der Waals surface area contributed by atoms with Gasteiger partial charge >= 0.3 is 0 Å². The minimum Gasteiger partial charge on any atom is -0.497 e. The Morgan fingerprint density at radius 2 is 1.14 bits per heavy atom. The molecule has 0 spiro atoms. The highest BCUT2D eigenvalue weighted by Crippen LogP contribution is 2.28. The first-order valence-corrected chi connectivity index (χ1v) is 7.57. The number of rotatable bonds is 4. The second-order valence-corrected chi connectivity index (χ2v) is 5.48. The lowest BCUT2D eigenvalue weighted by molar-refractivity contribution is 0.414. The number of ether oxygens (including phenoxy) is 1. The summed E-state index contributed by atoms with van der Waals surface area (Å²) in [5, 5.41) is 0. The van der Waals surface area contributed by atoms with Gasteiger partial charge in [-0.1, -0.05) is 73.7 Å². The van der Waals surface area contributed by atoms with E-state index >= 15 is 0 Å². The third-order valence-electron chi connectivity index (χ3n) is 4.13. The molecular formula is C21H20O. The van der Waals surface area contributed by atoms with E-state index in [0.717, 1.165) is 5.75 Å². The van der Waals surface area contributed by atoms with E-state index in [0.29, 0.717) is 5.92 Å². The zero-order chi connectivity index (χ0) is 15.4. The highest BCUT2D eigenvalue weighted by Gasteiger charge is 2.08. The molecule has 0 heterocycles. The van der Waals surface area contributed by atoms with Crippen LogP contribution >= 0.6 is 0 Å². The molecule has 1 heteroatoms. The first-order valence-electron chi connectivity index (χ1n) is 7.57. The first-order chi connectivity index (χ1) is 10.8. The summed E-state index contributed by atoms with van der Waals surface area (Å²) in [5.41, 5.74) is 5.13. The lowest BCUT2D eigenvalue weighted by Gasteiger charge is -2.14. The van der Waals surface area contributed by atoms with E-state index < -0.39 is 0 Å². The van der Waals surface area contributed by atoms with Crippen molar-refractivity contribution in [3.63, 3.8) is 0 Å². The number of hydrogen-bond acceptors (Lipinski definition) is 1. The Balaban J connectivity index is 1.82. The number of hydrogen-bond donors (Lipinski definition) is 0. The number of benzene rings is 3. The third-order valence-corrected chi connectivity index (χ3v) is 4.13. The molecule has 0 aromatic heterocycles. The summed E-state index contributed by atoms with van der Waals surface area (Å²) in [5.74, 6) is 1.27. The molecule has 0 aliphatic heterocycles. The number of methoxy groups -OCH3 is 1. The summed E-state index contributed by atoms with van der Waals surface area (Å²) < 4.78 is 5.22. The molecule has 1 atom stereocenters. The van der Waals surface area contributed by atoms with Crippen LogP contribution in [0.1, 0.15) is 24.0 Å². The maximum absolute atomic E-state index is 5.22. The molecule has 0 aliphatic carbocycles. The van der Waals surface area contributed by atoms with E-state index in [9.17, 15) is 0 Å². The van der Waals surface area contributed by atoms with Gasteiger partial charge < -0.3 is 4.74 Å². The highest BCUT2D eigenvalue weighted by molar-refractivity contribution is 5.63.